The van der Waals surface area contributed by atoms with Crippen LogP contribution in [0.2, 0.25) is 0 Å². The number of halogens is 1. The van der Waals surface area contributed by atoms with Crippen molar-refractivity contribution in [2.75, 3.05) is 6.54 Å². The summed E-state index contributed by atoms with van der Waals surface area (Å²) in [5.41, 5.74) is 1.27. The van der Waals surface area contributed by atoms with Crippen molar-refractivity contribution in [1.29, 1.82) is 0 Å². The first kappa shape index (κ1) is 13.5. The van der Waals surface area contributed by atoms with Gasteiger partial charge >= 0.3 is 0 Å². The molecule has 0 saturated heterocycles. The summed E-state index contributed by atoms with van der Waals surface area (Å²) in [6.07, 6.45) is 7.57. The van der Waals surface area contributed by atoms with Crippen molar-refractivity contribution < 1.29 is 4.39 Å². The third-order valence-electron chi connectivity index (χ3n) is 3.98. The van der Waals surface area contributed by atoms with Gasteiger partial charge in [0.2, 0.25) is 0 Å². The van der Waals surface area contributed by atoms with E-state index in [4.69, 9.17) is 0 Å². The monoisotopic (exact) mass is 249 g/mol. The van der Waals surface area contributed by atoms with E-state index in [1.165, 1.54) is 37.7 Å². The van der Waals surface area contributed by atoms with Gasteiger partial charge in [-0.05, 0) is 55.8 Å². The van der Waals surface area contributed by atoms with E-state index in [1.54, 1.807) is 12.1 Å². The van der Waals surface area contributed by atoms with Gasteiger partial charge in [-0.25, -0.2) is 4.39 Å². The minimum absolute atomic E-state index is 0.136. The van der Waals surface area contributed by atoms with Crippen molar-refractivity contribution in [2.24, 2.45) is 5.92 Å². The molecule has 1 saturated carbocycles. The maximum Gasteiger partial charge on any atom is 0.123 e. The Bertz CT molecular complexity index is 347. The van der Waals surface area contributed by atoms with E-state index >= 15 is 0 Å². The van der Waals surface area contributed by atoms with Crippen molar-refractivity contribution in [3.63, 3.8) is 0 Å². The molecule has 2 unspecified atom stereocenters. The summed E-state index contributed by atoms with van der Waals surface area (Å²) in [6, 6.07) is 7.67. The van der Waals surface area contributed by atoms with Crippen LogP contribution in [0.3, 0.4) is 0 Å². The molecule has 2 rings (SSSR count). The molecule has 0 spiro atoms. The molecule has 1 nitrogen and oxygen atoms in total. The number of nitrogens with one attached hydrogen (secondary N) is 1. The molecule has 1 aromatic carbocycles. The molecule has 0 aliphatic heterocycles. The van der Waals surface area contributed by atoms with Crippen LogP contribution < -0.4 is 5.32 Å². The van der Waals surface area contributed by atoms with Crippen LogP contribution in [0.1, 0.15) is 44.6 Å². The van der Waals surface area contributed by atoms with Crippen molar-refractivity contribution >= 4 is 0 Å². The summed E-state index contributed by atoms with van der Waals surface area (Å²) >= 11 is 0. The van der Waals surface area contributed by atoms with Crippen molar-refractivity contribution in [2.45, 2.75) is 51.5 Å². The minimum atomic E-state index is -0.136. The largest absolute Gasteiger partial charge is 0.314 e. The minimum Gasteiger partial charge on any atom is -0.314 e. The molecule has 100 valence electrons. The van der Waals surface area contributed by atoms with E-state index in [1.807, 2.05) is 12.1 Å². The highest BCUT2D eigenvalue weighted by Crippen LogP contribution is 2.27. The van der Waals surface area contributed by atoms with Gasteiger partial charge in [-0.2, -0.15) is 0 Å². The first-order valence-electron chi connectivity index (χ1n) is 7.27. The quantitative estimate of drug-likeness (QED) is 0.834. The van der Waals surface area contributed by atoms with Gasteiger partial charge in [0.05, 0.1) is 0 Å². The number of rotatable bonds is 5. The van der Waals surface area contributed by atoms with E-state index in [9.17, 15) is 4.39 Å². The zero-order chi connectivity index (χ0) is 12.8. The molecule has 1 N–H and O–H groups in total. The van der Waals surface area contributed by atoms with Crippen LogP contribution >= 0.6 is 0 Å². The zero-order valence-electron chi connectivity index (χ0n) is 11.3. The van der Waals surface area contributed by atoms with Gasteiger partial charge < -0.3 is 5.32 Å². The molecule has 1 aliphatic carbocycles. The van der Waals surface area contributed by atoms with E-state index in [2.05, 4.69) is 12.2 Å². The third kappa shape index (κ3) is 3.81. The average molecular weight is 249 g/mol. The summed E-state index contributed by atoms with van der Waals surface area (Å²) in [5, 5.41) is 3.68. The Morgan fingerprint density at radius 1 is 1.17 bits per heavy atom. The molecule has 1 aromatic rings. The Balaban J connectivity index is 1.94. The van der Waals surface area contributed by atoms with Crippen molar-refractivity contribution in [3.8, 4) is 0 Å². The third-order valence-corrected chi connectivity index (χ3v) is 3.98. The lowest BCUT2D eigenvalue weighted by Gasteiger charge is -2.32. The van der Waals surface area contributed by atoms with Crippen molar-refractivity contribution in [3.05, 3.63) is 35.6 Å². The van der Waals surface area contributed by atoms with Gasteiger partial charge in [0, 0.05) is 6.04 Å². The van der Waals surface area contributed by atoms with Gasteiger partial charge in [-0.1, -0.05) is 31.9 Å². The number of benzene rings is 1. The summed E-state index contributed by atoms with van der Waals surface area (Å²) < 4.78 is 12.9. The smallest absolute Gasteiger partial charge is 0.123 e. The summed E-state index contributed by atoms with van der Waals surface area (Å²) in [7, 11) is 0. The Kier molecular flexibility index (Phi) is 5.18. The summed E-state index contributed by atoms with van der Waals surface area (Å²) in [6.45, 7) is 3.33. The van der Waals surface area contributed by atoms with Crippen molar-refractivity contribution in [1.82, 2.24) is 5.32 Å². The molecule has 0 heterocycles. The van der Waals surface area contributed by atoms with Gasteiger partial charge in [-0.3, -0.25) is 0 Å². The SMILES string of the molecule is CCCNC1CCCCC1Cc1ccc(F)cc1. The average Bonchev–Trinajstić information content (AvgIpc) is 2.40. The van der Waals surface area contributed by atoms with E-state index in [0.29, 0.717) is 6.04 Å². The Labute approximate surface area is 110 Å². The second-order valence-electron chi connectivity index (χ2n) is 5.44. The van der Waals surface area contributed by atoms with E-state index in [-0.39, 0.29) is 5.82 Å². The molecule has 1 aliphatic rings. The molecule has 0 bridgehead atoms. The van der Waals surface area contributed by atoms with Crippen LogP contribution in [0, 0.1) is 11.7 Å². The number of hydrogen-bond donors (Lipinski definition) is 1. The maximum atomic E-state index is 12.9. The molecular weight excluding hydrogens is 225 g/mol. The first-order valence-corrected chi connectivity index (χ1v) is 7.27. The topological polar surface area (TPSA) is 12.0 Å². The Hall–Kier alpha value is -0.890. The molecule has 1 fully saturated rings. The van der Waals surface area contributed by atoms with Crippen LogP contribution in [0.4, 0.5) is 4.39 Å². The molecule has 0 aromatic heterocycles. The Morgan fingerprint density at radius 2 is 1.89 bits per heavy atom. The zero-order valence-corrected chi connectivity index (χ0v) is 11.3. The van der Waals surface area contributed by atoms with Crippen LogP contribution in [0.5, 0.6) is 0 Å². The fourth-order valence-electron chi connectivity index (χ4n) is 2.97. The highest BCUT2D eigenvalue weighted by molar-refractivity contribution is 5.17. The van der Waals surface area contributed by atoms with Gasteiger partial charge in [0.1, 0.15) is 5.82 Å². The van der Waals surface area contributed by atoms with E-state index < -0.39 is 0 Å². The molecular formula is C16H24FN. The molecule has 0 amide bonds. The first-order chi connectivity index (χ1) is 8.79. The maximum absolute atomic E-state index is 12.9. The van der Waals surface area contributed by atoms with E-state index in [0.717, 1.165) is 18.9 Å². The highest BCUT2D eigenvalue weighted by atomic mass is 19.1. The second kappa shape index (κ2) is 6.89. The van der Waals surface area contributed by atoms with Crippen LogP contribution in [0.15, 0.2) is 24.3 Å². The van der Waals surface area contributed by atoms with Crippen LogP contribution in [0.25, 0.3) is 0 Å². The lowest BCUT2D eigenvalue weighted by molar-refractivity contribution is 0.261. The van der Waals surface area contributed by atoms with Crippen LogP contribution in [-0.4, -0.2) is 12.6 Å². The molecule has 2 atom stereocenters. The number of hydrogen-bond acceptors (Lipinski definition) is 1. The highest BCUT2D eigenvalue weighted by Gasteiger charge is 2.24. The fraction of sp³-hybridized carbons (Fsp3) is 0.625. The predicted molar refractivity (Wildman–Crippen MR) is 74.1 cm³/mol. The second-order valence-corrected chi connectivity index (χ2v) is 5.44. The normalized spacial score (nSPS) is 24.1. The predicted octanol–water partition coefficient (Wildman–Crippen LogP) is 3.93. The van der Waals surface area contributed by atoms with Gasteiger partial charge in [0.15, 0.2) is 0 Å². The fourth-order valence-corrected chi connectivity index (χ4v) is 2.97. The summed E-state index contributed by atoms with van der Waals surface area (Å²) in [5.74, 6) is 0.582. The lowest BCUT2D eigenvalue weighted by Crippen LogP contribution is -2.39. The summed E-state index contributed by atoms with van der Waals surface area (Å²) in [4.78, 5) is 0. The molecule has 2 heteroatoms. The van der Waals surface area contributed by atoms with Crippen LogP contribution in [-0.2, 0) is 6.42 Å². The molecule has 18 heavy (non-hydrogen) atoms. The Morgan fingerprint density at radius 3 is 2.61 bits per heavy atom. The molecule has 0 radical (unpaired) electrons. The van der Waals surface area contributed by atoms with Gasteiger partial charge in [-0.15, -0.1) is 0 Å². The lowest BCUT2D eigenvalue weighted by atomic mass is 9.80. The van der Waals surface area contributed by atoms with Gasteiger partial charge in [0.25, 0.3) is 0 Å². The standard InChI is InChI=1S/C16H24FN/c1-2-11-18-16-6-4-3-5-14(16)12-13-7-9-15(17)10-8-13/h7-10,14,16,18H,2-6,11-12H2,1H3.